The molecule has 0 aliphatic carbocycles. The first-order valence-electron chi connectivity index (χ1n) is 5.68. The zero-order valence-corrected chi connectivity index (χ0v) is 9.39. The summed E-state index contributed by atoms with van der Waals surface area (Å²) in [7, 11) is 0. The van der Waals surface area contributed by atoms with Crippen LogP contribution in [0.4, 0.5) is 0 Å². The molecule has 0 N–H and O–H groups in total. The summed E-state index contributed by atoms with van der Waals surface area (Å²) < 4.78 is 10.8. The van der Waals surface area contributed by atoms with Crippen LogP contribution in [0.15, 0.2) is 30.3 Å². The Morgan fingerprint density at radius 3 is 2.75 bits per heavy atom. The molecule has 16 heavy (non-hydrogen) atoms. The molecule has 0 saturated carbocycles. The largest absolute Gasteiger partial charge is 0.490 e. The van der Waals surface area contributed by atoms with Crippen LogP contribution in [0.5, 0.6) is 5.75 Å². The standard InChI is InChI=1S/C13H16O3/c1-2-10-8-12(16-13(10)14)9-15-11-6-4-3-5-7-11/h3-7,10,12H,2,8-9H2,1H3. The van der Waals surface area contributed by atoms with E-state index in [9.17, 15) is 4.79 Å². The number of hydrogen-bond donors (Lipinski definition) is 0. The van der Waals surface area contributed by atoms with Crippen molar-refractivity contribution < 1.29 is 14.3 Å². The smallest absolute Gasteiger partial charge is 0.309 e. The number of para-hydroxylation sites is 1. The quantitative estimate of drug-likeness (QED) is 0.731. The van der Waals surface area contributed by atoms with Crippen LogP contribution in [-0.4, -0.2) is 18.7 Å². The molecule has 0 bridgehead atoms. The van der Waals surface area contributed by atoms with Crippen molar-refractivity contribution in [3.63, 3.8) is 0 Å². The summed E-state index contributed by atoms with van der Waals surface area (Å²) in [5, 5.41) is 0. The first kappa shape index (κ1) is 11.0. The molecule has 3 heteroatoms. The van der Waals surface area contributed by atoms with Crippen LogP contribution in [0.25, 0.3) is 0 Å². The highest BCUT2D eigenvalue weighted by atomic mass is 16.6. The SMILES string of the molecule is CCC1CC(COc2ccccc2)OC1=O. The summed E-state index contributed by atoms with van der Waals surface area (Å²) in [6, 6.07) is 9.58. The molecule has 0 aromatic heterocycles. The van der Waals surface area contributed by atoms with Crippen LogP contribution in [0.2, 0.25) is 0 Å². The fourth-order valence-corrected chi connectivity index (χ4v) is 1.86. The lowest BCUT2D eigenvalue weighted by Gasteiger charge is -2.10. The van der Waals surface area contributed by atoms with E-state index in [0.29, 0.717) is 6.61 Å². The van der Waals surface area contributed by atoms with E-state index in [4.69, 9.17) is 9.47 Å². The predicted octanol–water partition coefficient (Wildman–Crippen LogP) is 2.41. The second-order valence-electron chi connectivity index (χ2n) is 4.02. The highest BCUT2D eigenvalue weighted by Gasteiger charge is 2.33. The molecule has 1 aromatic carbocycles. The maximum absolute atomic E-state index is 11.3. The van der Waals surface area contributed by atoms with Gasteiger partial charge in [-0.2, -0.15) is 0 Å². The van der Waals surface area contributed by atoms with Crippen LogP contribution in [0, 0.1) is 5.92 Å². The highest BCUT2D eigenvalue weighted by molar-refractivity contribution is 5.74. The van der Waals surface area contributed by atoms with Gasteiger partial charge in [0.1, 0.15) is 18.5 Å². The molecule has 1 saturated heterocycles. The number of carbonyl (C=O) groups is 1. The maximum Gasteiger partial charge on any atom is 0.309 e. The lowest BCUT2D eigenvalue weighted by Crippen LogP contribution is -2.17. The Kier molecular flexibility index (Phi) is 3.44. The van der Waals surface area contributed by atoms with Gasteiger partial charge in [-0.1, -0.05) is 25.1 Å². The number of benzene rings is 1. The number of ether oxygens (including phenoxy) is 2. The van der Waals surface area contributed by atoms with Crippen molar-refractivity contribution in [3.8, 4) is 5.75 Å². The van der Waals surface area contributed by atoms with E-state index in [2.05, 4.69) is 0 Å². The van der Waals surface area contributed by atoms with Crippen LogP contribution < -0.4 is 4.74 Å². The molecule has 2 atom stereocenters. The first-order valence-corrected chi connectivity index (χ1v) is 5.68. The summed E-state index contributed by atoms with van der Waals surface area (Å²) >= 11 is 0. The highest BCUT2D eigenvalue weighted by Crippen LogP contribution is 2.24. The van der Waals surface area contributed by atoms with Crippen molar-refractivity contribution in [1.82, 2.24) is 0 Å². The molecule has 1 aliphatic heterocycles. The Morgan fingerprint density at radius 2 is 2.12 bits per heavy atom. The Morgan fingerprint density at radius 1 is 1.38 bits per heavy atom. The third-order valence-electron chi connectivity index (χ3n) is 2.84. The lowest BCUT2D eigenvalue weighted by atomic mass is 10.0. The molecule has 2 unspecified atom stereocenters. The van der Waals surface area contributed by atoms with E-state index in [1.807, 2.05) is 37.3 Å². The Balaban J connectivity index is 1.82. The van der Waals surface area contributed by atoms with Crippen molar-refractivity contribution in [3.05, 3.63) is 30.3 Å². The average Bonchev–Trinajstić information content (AvgIpc) is 2.69. The topological polar surface area (TPSA) is 35.5 Å². The number of hydrogen-bond acceptors (Lipinski definition) is 3. The van der Waals surface area contributed by atoms with Gasteiger partial charge >= 0.3 is 5.97 Å². The zero-order chi connectivity index (χ0) is 11.4. The van der Waals surface area contributed by atoms with Gasteiger partial charge in [0.25, 0.3) is 0 Å². The molecule has 1 heterocycles. The molecule has 3 nitrogen and oxygen atoms in total. The summed E-state index contributed by atoms with van der Waals surface area (Å²) in [5.74, 6) is 0.798. The average molecular weight is 220 g/mol. The Hall–Kier alpha value is -1.51. The number of cyclic esters (lactones) is 1. The van der Waals surface area contributed by atoms with Crippen LogP contribution in [0.3, 0.4) is 0 Å². The predicted molar refractivity (Wildman–Crippen MR) is 60.2 cm³/mol. The van der Waals surface area contributed by atoms with Crippen LogP contribution in [0.1, 0.15) is 19.8 Å². The minimum Gasteiger partial charge on any atom is -0.490 e. The van der Waals surface area contributed by atoms with Gasteiger partial charge < -0.3 is 9.47 Å². The van der Waals surface area contributed by atoms with E-state index >= 15 is 0 Å². The van der Waals surface area contributed by atoms with Gasteiger partial charge in [-0.3, -0.25) is 4.79 Å². The van der Waals surface area contributed by atoms with E-state index < -0.39 is 0 Å². The Bertz CT molecular complexity index is 347. The maximum atomic E-state index is 11.3. The molecule has 2 rings (SSSR count). The number of rotatable bonds is 4. The molecule has 0 amide bonds. The zero-order valence-electron chi connectivity index (χ0n) is 9.39. The normalized spacial score (nSPS) is 24.2. The minimum absolute atomic E-state index is 0.0596. The molecule has 0 spiro atoms. The second kappa shape index (κ2) is 5.01. The molecular formula is C13H16O3. The van der Waals surface area contributed by atoms with Gasteiger partial charge in [0, 0.05) is 6.42 Å². The second-order valence-corrected chi connectivity index (χ2v) is 4.02. The first-order chi connectivity index (χ1) is 7.79. The van der Waals surface area contributed by atoms with E-state index in [1.165, 1.54) is 0 Å². The molecule has 1 aliphatic rings. The van der Waals surface area contributed by atoms with Gasteiger partial charge in [0.15, 0.2) is 0 Å². The molecular weight excluding hydrogens is 204 g/mol. The summed E-state index contributed by atoms with van der Waals surface area (Å²) in [6.45, 7) is 2.46. The third-order valence-corrected chi connectivity index (χ3v) is 2.84. The fraction of sp³-hybridized carbons (Fsp3) is 0.462. The molecule has 86 valence electrons. The Labute approximate surface area is 95.4 Å². The van der Waals surface area contributed by atoms with E-state index in [0.717, 1.165) is 18.6 Å². The van der Waals surface area contributed by atoms with E-state index in [-0.39, 0.29) is 18.0 Å². The van der Waals surface area contributed by atoms with Gasteiger partial charge in [0.2, 0.25) is 0 Å². The summed E-state index contributed by atoms with van der Waals surface area (Å²) in [5.41, 5.74) is 0. The molecule has 0 radical (unpaired) electrons. The fourth-order valence-electron chi connectivity index (χ4n) is 1.86. The van der Waals surface area contributed by atoms with Gasteiger partial charge in [-0.25, -0.2) is 0 Å². The lowest BCUT2D eigenvalue weighted by molar-refractivity contribution is -0.145. The van der Waals surface area contributed by atoms with Crippen molar-refractivity contribution in [1.29, 1.82) is 0 Å². The van der Waals surface area contributed by atoms with Gasteiger partial charge in [-0.05, 0) is 18.6 Å². The number of esters is 1. The monoisotopic (exact) mass is 220 g/mol. The van der Waals surface area contributed by atoms with E-state index in [1.54, 1.807) is 0 Å². The van der Waals surface area contributed by atoms with Crippen molar-refractivity contribution in [2.45, 2.75) is 25.9 Å². The summed E-state index contributed by atoms with van der Waals surface area (Å²) in [4.78, 5) is 11.3. The van der Waals surface area contributed by atoms with Crippen molar-refractivity contribution in [2.24, 2.45) is 5.92 Å². The van der Waals surface area contributed by atoms with Crippen molar-refractivity contribution in [2.75, 3.05) is 6.61 Å². The van der Waals surface area contributed by atoms with Crippen molar-refractivity contribution >= 4 is 5.97 Å². The summed E-state index contributed by atoms with van der Waals surface area (Å²) in [6.07, 6.45) is 1.54. The van der Waals surface area contributed by atoms with Gasteiger partial charge in [-0.15, -0.1) is 0 Å². The van der Waals surface area contributed by atoms with Gasteiger partial charge in [0.05, 0.1) is 5.92 Å². The third kappa shape index (κ3) is 2.54. The van der Waals surface area contributed by atoms with Crippen LogP contribution >= 0.6 is 0 Å². The molecule has 1 aromatic rings. The minimum atomic E-state index is -0.0855. The van der Waals surface area contributed by atoms with Crippen LogP contribution in [-0.2, 0) is 9.53 Å². The number of carbonyl (C=O) groups excluding carboxylic acids is 1. The molecule has 1 fully saturated rings.